The minimum absolute atomic E-state index is 0.498. The molecule has 0 bridgehead atoms. The van der Waals surface area contributed by atoms with Crippen LogP contribution in [0.15, 0.2) is 0 Å². The number of hydrogen-bond donors (Lipinski definition) is 1. The number of piperidine rings is 1. The molecule has 1 heterocycles. The van der Waals surface area contributed by atoms with Gasteiger partial charge in [0, 0.05) is 13.2 Å². The third-order valence-corrected chi connectivity index (χ3v) is 4.49. The quantitative estimate of drug-likeness (QED) is 0.737. The number of hydrogen-bond acceptors (Lipinski definition) is 3. The van der Waals surface area contributed by atoms with Crippen LogP contribution in [-0.2, 0) is 4.74 Å². The van der Waals surface area contributed by atoms with Crippen molar-refractivity contribution >= 4 is 0 Å². The van der Waals surface area contributed by atoms with E-state index in [1.54, 1.807) is 0 Å². The van der Waals surface area contributed by atoms with Gasteiger partial charge in [-0.25, -0.2) is 0 Å². The summed E-state index contributed by atoms with van der Waals surface area (Å²) in [5.74, 6) is 0. The summed E-state index contributed by atoms with van der Waals surface area (Å²) in [6.07, 6.45) is 11.2. The SMILES string of the molecule is COC1CCCC(NCCCN2CCCCC2)C1. The molecule has 3 nitrogen and oxygen atoms in total. The van der Waals surface area contributed by atoms with Crippen LogP contribution in [0.4, 0.5) is 0 Å². The van der Waals surface area contributed by atoms with Gasteiger partial charge in [-0.2, -0.15) is 0 Å². The summed E-state index contributed by atoms with van der Waals surface area (Å²) in [5.41, 5.74) is 0. The molecule has 1 N–H and O–H groups in total. The topological polar surface area (TPSA) is 24.5 Å². The highest BCUT2D eigenvalue weighted by molar-refractivity contribution is 4.78. The summed E-state index contributed by atoms with van der Waals surface area (Å²) in [7, 11) is 1.85. The van der Waals surface area contributed by atoms with E-state index in [1.807, 2.05) is 7.11 Å². The average molecular weight is 254 g/mol. The Labute approximate surface area is 112 Å². The Hall–Kier alpha value is -0.120. The number of ether oxygens (including phenoxy) is 1. The van der Waals surface area contributed by atoms with E-state index >= 15 is 0 Å². The zero-order valence-electron chi connectivity index (χ0n) is 12.0. The van der Waals surface area contributed by atoms with Gasteiger partial charge in [-0.05, 0) is 71.1 Å². The van der Waals surface area contributed by atoms with Crippen LogP contribution in [0.25, 0.3) is 0 Å². The molecule has 1 aliphatic carbocycles. The second kappa shape index (κ2) is 8.13. The predicted octanol–water partition coefficient (Wildman–Crippen LogP) is 2.41. The standard InChI is InChI=1S/C15H30N2O/c1-18-15-8-5-7-14(13-15)16-9-6-12-17-10-3-2-4-11-17/h14-16H,2-13H2,1H3. The highest BCUT2D eigenvalue weighted by Gasteiger charge is 2.20. The minimum atomic E-state index is 0.498. The third-order valence-electron chi connectivity index (χ3n) is 4.49. The van der Waals surface area contributed by atoms with E-state index in [0.717, 1.165) is 0 Å². The van der Waals surface area contributed by atoms with Crippen molar-refractivity contribution in [2.45, 2.75) is 63.5 Å². The van der Waals surface area contributed by atoms with Crippen molar-refractivity contribution in [3.63, 3.8) is 0 Å². The van der Waals surface area contributed by atoms with Gasteiger partial charge in [0.25, 0.3) is 0 Å². The van der Waals surface area contributed by atoms with Gasteiger partial charge in [-0.3, -0.25) is 0 Å². The maximum atomic E-state index is 5.47. The number of likely N-dealkylation sites (tertiary alicyclic amines) is 1. The Bertz CT molecular complexity index is 217. The fraction of sp³-hybridized carbons (Fsp3) is 1.00. The van der Waals surface area contributed by atoms with Gasteiger partial charge in [-0.15, -0.1) is 0 Å². The Kier molecular flexibility index (Phi) is 6.46. The van der Waals surface area contributed by atoms with Crippen LogP contribution in [0.5, 0.6) is 0 Å². The molecule has 2 rings (SSSR count). The monoisotopic (exact) mass is 254 g/mol. The first-order chi connectivity index (χ1) is 8.88. The summed E-state index contributed by atoms with van der Waals surface area (Å²) >= 11 is 0. The van der Waals surface area contributed by atoms with E-state index in [9.17, 15) is 0 Å². The van der Waals surface area contributed by atoms with Gasteiger partial charge in [-0.1, -0.05) is 6.42 Å². The molecule has 1 aliphatic heterocycles. The predicted molar refractivity (Wildman–Crippen MR) is 76.0 cm³/mol. The normalized spacial score (nSPS) is 30.5. The lowest BCUT2D eigenvalue weighted by Gasteiger charge is -2.30. The van der Waals surface area contributed by atoms with E-state index in [0.29, 0.717) is 12.1 Å². The molecule has 1 saturated carbocycles. The lowest BCUT2D eigenvalue weighted by atomic mass is 9.93. The average Bonchev–Trinajstić information content (AvgIpc) is 2.45. The number of nitrogens with one attached hydrogen (secondary N) is 1. The van der Waals surface area contributed by atoms with E-state index in [-0.39, 0.29) is 0 Å². The Morgan fingerprint density at radius 3 is 2.72 bits per heavy atom. The fourth-order valence-electron chi connectivity index (χ4n) is 3.34. The van der Waals surface area contributed by atoms with Crippen molar-refractivity contribution in [3.8, 4) is 0 Å². The summed E-state index contributed by atoms with van der Waals surface area (Å²) in [6.45, 7) is 5.12. The first-order valence-corrected chi connectivity index (χ1v) is 7.87. The Balaban J connectivity index is 1.52. The number of rotatable bonds is 6. The van der Waals surface area contributed by atoms with Gasteiger partial charge in [0.1, 0.15) is 0 Å². The molecule has 0 radical (unpaired) electrons. The maximum absolute atomic E-state index is 5.47. The molecule has 0 amide bonds. The van der Waals surface area contributed by atoms with Gasteiger partial charge in [0.2, 0.25) is 0 Å². The van der Waals surface area contributed by atoms with Crippen molar-refractivity contribution < 1.29 is 4.74 Å². The molecule has 18 heavy (non-hydrogen) atoms. The van der Waals surface area contributed by atoms with E-state index in [2.05, 4.69) is 10.2 Å². The first-order valence-electron chi connectivity index (χ1n) is 7.87. The van der Waals surface area contributed by atoms with Gasteiger partial charge in [0.15, 0.2) is 0 Å². The van der Waals surface area contributed by atoms with E-state index < -0.39 is 0 Å². The number of nitrogens with zero attached hydrogens (tertiary/aromatic N) is 1. The highest BCUT2D eigenvalue weighted by Crippen LogP contribution is 2.20. The minimum Gasteiger partial charge on any atom is -0.381 e. The second-order valence-electron chi connectivity index (χ2n) is 5.93. The van der Waals surface area contributed by atoms with Gasteiger partial charge in [0.05, 0.1) is 6.10 Å². The largest absolute Gasteiger partial charge is 0.381 e. The molecule has 1 saturated heterocycles. The van der Waals surface area contributed by atoms with Crippen LogP contribution in [0.3, 0.4) is 0 Å². The molecule has 2 atom stereocenters. The molecule has 0 spiro atoms. The number of methoxy groups -OCH3 is 1. The Morgan fingerprint density at radius 2 is 1.94 bits per heavy atom. The lowest BCUT2D eigenvalue weighted by Crippen LogP contribution is -2.38. The van der Waals surface area contributed by atoms with Gasteiger partial charge < -0.3 is 15.0 Å². The molecule has 2 unspecified atom stereocenters. The van der Waals surface area contributed by atoms with Gasteiger partial charge >= 0.3 is 0 Å². The maximum Gasteiger partial charge on any atom is 0.0586 e. The molecule has 0 aromatic heterocycles. The van der Waals surface area contributed by atoms with Crippen molar-refractivity contribution in [1.82, 2.24) is 10.2 Å². The molecule has 3 heteroatoms. The molecule has 0 aromatic rings. The zero-order valence-corrected chi connectivity index (χ0v) is 12.0. The molecule has 106 valence electrons. The third kappa shape index (κ3) is 4.87. The van der Waals surface area contributed by atoms with Crippen LogP contribution in [-0.4, -0.2) is 50.3 Å². The molecular formula is C15H30N2O. The van der Waals surface area contributed by atoms with Crippen LogP contribution in [0, 0.1) is 0 Å². The molecule has 2 aliphatic rings. The summed E-state index contributed by atoms with van der Waals surface area (Å²) < 4.78 is 5.47. The first kappa shape index (κ1) is 14.3. The second-order valence-corrected chi connectivity index (χ2v) is 5.93. The molecule has 0 aromatic carbocycles. The van der Waals surface area contributed by atoms with Crippen LogP contribution < -0.4 is 5.32 Å². The van der Waals surface area contributed by atoms with Crippen molar-refractivity contribution in [3.05, 3.63) is 0 Å². The van der Waals surface area contributed by atoms with Crippen molar-refractivity contribution in [1.29, 1.82) is 0 Å². The van der Waals surface area contributed by atoms with Crippen molar-refractivity contribution in [2.24, 2.45) is 0 Å². The summed E-state index contributed by atoms with van der Waals surface area (Å²) in [5, 5.41) is 3.72. The van der Waals surface area contributed by atoms with Crippen LogP contribution >= 0.6 is 0 Å². The fourth-order valence-corrected chi connectivity index (χ4v) is 3.34. The zero-order chi connectivity index (χ0) is 12.6. The smallest absolute Gasteiger partial charge is 0.0586 e. The summed E-state index contributed by atoms with van der Waals surface area (Å²) in [4.78, 5) is 2.63. The van der Waals surface area contributed by atoms with E-state index in [4.69, 9.17) is 4.74 Å². The highest BCUT2D eigenvalue weighted by atomic mass is 16.5. The van der Waals surface area contributed by atoms with Crippen LogP contribution in [0.2, 0.25) is 0 Å². The van der Waals surface area contributed by atoms with Crippen molar-refractivity contribution in [2.75, 3.05) is 33.3 Å². The molecule has 2 fully saturated rings. The van der Waals surface area contributed by atoms with Crippen LogP contribution in [0.1, 0.15) is 51.4 Å². The van der Waals surface area contributed by atoms with E-state index in [1.165, 1.54) is 77.5 Å². The lowest BCUT2D eigenvalue weighted by molar-refractivity contribution is 0.0587. The summed E-state index contributed by atoms with van der Waals surface area (Å²) in [6, 6.07) is 0.699. The molecular weight excluding hydrogens is 224 g/mol. The Morgan fingerprint density at radius 1 is 1.11 bits per heavy atom.